The number of rotatable bonds is 5. The number of benzene rings is 2. The summed E-state index contributed by atoms with van der Waals surface area (Å²) in [6, 6.07) is 16.7. The lowest BCUT2D eigenvalue weighted by Crippen LogP contribution is -2.28. The minimum atomic E-state index is -1.12. The van der Waals surface area contributed by atoms with Gasteiger partial charge in [0.25, 0.3) is 0 Å². The van der Waals surface area contributed by atoms with Crippen LogP contribution in [0.1, 0.15) is 66.6 Å². The van der Waals surface area contributed by atoms with Gasteiger partial charge in [-0.25, -0.2) is 4.79 Å². The summed E-state index contributed by atoms with van der Waals surface area (Å²) in [6.45, 7) is 8.29. The largest absolute Gasteiger partial charge is 0.493 e. The molecule has 2 aliphatic rings. The number of carbonyl (C=O) groups is 1. The quantitative estimate of drug-likeness (QED) is 0.429. The number of aromatic nitrogens is 1. The van der Waals surface area contributed by atoms with Gasteiger partial charge in [0.05, 0.1) is 17.9 Å². The fourth-order valence-corrected chi connectivity index (χ4v) is 6.38. The Morgan fingerprint density at radius 3 is 2.69 bits per heavy atom. The van der Waals surface area contributed by atoms with Gasteiger partial charge in [0.1, 0.15) is 5.75 Å². The van der Waals surface area contributed by atoms with E-state index < -0.39 is 17.7 Å². The van der Waals surface area contributed by atoms with Gasteiger partial charge < -0.3 is 14.6 Å². The van der Waals surface area contributed by atoms with Crippen LogP contribution in [0.5, 0.6) is 5.75 Å². The Balaban J connectivity index is 1.70. The third-order valence-corrected chi connectivity index (χ3v) is 7.82. The zero-order chi connectivity index (χ0) is 24.7. The highest BCUT2D eigenvalue weighted by Crippen LogP contribution is 2.52. The molecule has 2 aromatic carbocycles. The summed E-state index contributed by atoms with van der Waals surface area (Å²) in [5, 5.41) is 10.5. The number of carboxylic acid groups (broad SMARTS) is 1. The Hall–Kier alpha value is -2.83. The van der Waals surface area contributed by atoms with Crippen molar-refractivity contribution in [2.24, 2.45) is 0 Å². The highest BCUT2D eigenvalue weighted by atomic mass is 32.2. The maximum Gasteiger partial charge on any atom is 0.337 e. The van der Waals surface area contributed by atoms with Crippen molar-refractivity contribution in [3.8, 4) is 16.9 Å². The molecule has 0 spiro atoms. The molecule has 3 heterocycles. The number of fused-ring (bicyclic) bond motifs is 2. The molecule has 35 heavy (non-hydrogen) atoms. The summed E-state index contributed by atoms with van der Waals surface area (Å²) in [4.78, 5) is 18.6. The van der Waals surface area contributed by atoms with Crippen LogP contribution in [-0.2, 0) is 22.4 Å². The molecule has 2 aliphatic heterocycles. The molecule has 3 aromatic rings. The van der Waals surface area contributed by atoms with Crippen LogP contribution in [0.3, 0.4) is 0 Å². The van der Waals surface area contributed by atoms with E-state index in [0.29, 0.717) is 11.3 Å². The van der Waals surface area contributed by atoms with Gasteiger partial charge in [0.15, 0.2) is 6.10 Å². The number of nitrogens with zero attached hydrogens (tertiary/aromatic N) is 1. The molecule has 1 unspecified atom stereocenters. The third-order valence-electron chi connectivity index (χ3n) is 6.42. The second-order valence-electron chi connectivity index (χ2n) is 10.2. The SMILES string of the molecule is Cc1nc2c(c(-c3ccc4c(c3)CCCO4)c1[C@H](OC(C)(C)C)C(=O)O)SC(c1ccccc1)C2. The Labute approximate surface area is 210 Å². The predicted octanol–water partition coefficient (Wildman–Crippen LogP) is 6.71. The van der Waals surface area contributed by atoms with Crippen LogP contribution < -0.4 is 4.74 Å². The first-order chi connectivity index (χ1) is 16.7. The minimum Gasteiger partial charge on any atom is -0.493 e. The molecule has 2 atom stereocenters. The van der Waals surface area contributed by atoms with E-state index in [4.69, 9.17) is 14.5 Å². The van der Waals surface area contributed by atoms with Crippen LogP contribution in [0.2, 0.25) is 0 Å². The van der Waals surface area contributed by atoms with Gasteiger partial charge in [-0.1, -0.05) is 36.4 Å². The monoisotopic (exact) mass is 489 g/mol. The van der Waals surface area contributed by atoms with E-state index in [2.05, 4.69) is 36.4 Å². The number of hydrogen-bond donors (Lipinski definition) is 1. The Kier molecular flexibility index (Phi) is 6.36. The van der Waals surface area contributed by atoms with Crippen molar-refractivity contribution in [2.45, 2.75) is 68.8 Å². The van der Waals surface area contributed by atoms with Gasteiger partial charge in [-0.15, -0.1) is 11.8 Å². The Morgan fingerprint density at radius 2 is 1.97 bits per heavy atom. The van der Waals surface area contributed by atoms with Crippen LogP contribution in [0.4, 0.5) is 0 Å². The molecule has 0 aliphatic carbocycles. The van der Waals surface area contributed by atoms with Crippen molar-refractivity contribution in [3.05, 3.63) is 76.6 Å². The predicted molar refractivity (Wildman–Crippen MR) is 138 cm³/mol. The summed E-state index contributed by atoms with van der Waals surface area (Å²) in [6.07, 6.45) is 1.62. The molecule has 182 valence electrons. The molecular formula is C29H31NO4S. The molecule has 0 saturated heterocycles. The lowest BCUT2D eigenvalue weighted by Gasteiger charge is -2.28. The average molecular weight is 490 g/mol. The molecule has 1 aromatic heterocycles. The number of carboxylic acids is 1. The number of aliphatic carboxylic acids is 1. The van der Waals surface area contributed by atoms with Gasteiger partial charge in [-0.3, -0.25) is 4.98 Å². The fraction of sp³-hybridized carbons (Fsp3) is 0.379. The molecule has 5 nitrogen and oxygen atoms in total. The van der Waals surface area contributed by atoms with Crippen molar-refractivity contribution in [1.82, 2.24) is 4.98 Å². The van der Waals surface area contributed by atoms with E-state index in [-0.39, 0.29) is 5.25 Å². The molecule has 1 N–H and O–H groups in total. The Bertz CT molecular complexity index is 1270. The highest BCUT2D eigenvalue weighted by molar-refractivity contribution is 8.00. The third kappa shape index (κ3) is 4.82. The summed E-state index contributed by atoms with van der Waals surface area (Å²) in [7, 11) is 0. The number of ether oxygens (including phenoxy) is 2. The fourth-order valence-electron chi connectivity index (χ4n) is 4.95. The van der Waals surface area contributed by atoms with E-state index in [1.807, 2.05) is 39.8 Å². The van der Waals surface area contributed by atoms with Crippen molar-refractivity contribution >= 4 is 17.7 Å². The second kappa shape index (κ2) is 9.32. The first-order valence-corrected chi connectivity index (χ1v) is 13.0. The Morgan fingerprint density at radius 1 is 1.20 bits per heavy atom. The van der Waals surface area contributed by atoms with Gasteiger partial charge in [0.2, 0.25) is 0 Å². The first-order valence-electron chi connectivity index (χ1n) is 12.1. The number of hydrogen-bond acceptors (Lipinski definition) is 5. The van der Waals surface area contributed by atoms with Crippen molar-refractivity contribution in [2.75, 3.05) is 6.61 Å². The zero-order valence-corrected chi connectivity index (χ0v) is 21.4. The smallest absolute Gasteiger partial charge is 0.337 e. The standard InChI is InChI=1S/C29H31NO4S/c1-17-24(26(28(31)32)34-29(2,3)4)25(20-12-13-22-19(15-20)11-8-14-33-22)27-21(30-17)16-23(35-27)18-9-6-5-7-10-18/h5-7,9-10,12-13,15,23,26H,8,11,14,16H2,1-4H3,(H,31,32)/t23?,26-/m0/s1. The van der Waals surface area contributed by atoms with Crippen LogP contribution in [0.15, 0.2) is 53.4 Å². The zero-order valence-electron chi connectivity index (χ0n) is 20.6. The van der Waals surface area contributed by atoms with Crippen molar-refractivity contribution < 1.29 is 19.4 Å². The molecule has 0 amide bonds. The summed E-state index contributed by atoms with van der Waals surface area (Å²) < 4.78 is 12.0. The molecule has 0 fully saturated rings. The van der Waals surface area contributed by atoms with Crippen molar-refractivity contribution in [1.29, 1.82) is 0 Å². The lowest BCUT2D eigenvalue weighted by atomic mass is 9.91. The van der Waals surface area contributed by atoms with Gasteiger partial charge in [0, 0.05) is 33.4 Å². The van der Waals surface area contributed by atoms with Crippen LogP contribution in [0, 0.1) is 6.92 Å². The average Bonchev–Trinajstić information content (AvgIpc) is 3.25. The number of aryl methyl sites for hydroxylation is 2. The van der Waals surface area contributed by atoms with E-state index in [9.17, 15) is 9.90 Å². The van der Waals surface area contributed by atoms with Gasteiger partial charge in [-0.2, -0.15) is 0 Å². The summed E-state index contributed by atoms with van der Waals surface area (Å²) in [5.41, 5.74) is 6.08. The number of pyridine rings is 1. The normalized spacial score (nSPS) is 17.9. The summed E-state index contributed by atoms with van der Waals surface area (Å²) in [5.74, 6) is -0.0885. The molecular weight excluding hydrogens is 458 g/mol. The molecule has 0 bridgehead atoms. The van der Waals surface area contributed by atoms with E-state index >= 15 is 0 Å². The van der Waals surface area contributed by atoms with E-state index in [1.54, 1.807) is 11.8 Å². The van der Waals surface area contributed by atoms with Gasteiger partial charge >= 0.3 is 5.97 Å². The molecule has 0 saturated carbocycles. The van der Waals surface area contributed by atoms with Crippen LogP contribution in [-0.4, -0.2) is 28.3 Å². The van der Waals surface area contributed by atoms with Crippen LogP contribution in [0.25, 0.3) is 11.1 Å². The first kappa shape index (κ1) is 23.9. The highest BCUT2D eigenvalue weighted by Gasteiger charge is 2.36. The van der Waals surface area contributed by atoms with E-state index in [1.165, 1.54) is 5.56 Å². The van der Waals surface area contributed by atoms with Crippen LogP contribution >= 0.6 is 11.8 Å². The molecule has 6 heteroatoms. The maximum absolute atomic E-state index is 12.6. The topological polar surface area (TPSA) is 68.7 Å². The summed E-state index contributed by atoms with van der Waals surface area (Å²) >= 11 is 1.78. The minimum absolute atomic E-state index is 0.236. The van der Waals surface area contributed by atoms with E-state index in [0.717, 1.165) is 58.9 Å². The van der Waals surface area contributed by atoms with Crippen molar-refractivity contribution in [3.63, 3.8) is 0 Å². The maximum atomic E-state index is 12.6. The molecule has 5 rings (SSSR count). The molecule has 0 radical (unpaired) electrons. The number of thioether (sulfide) groups is 1. The lowest BCUT2D eigenvalue weighted by molar-refractivity contribution is -0.160. The second-order valence-corrected chi connectivity index (χ2v) is 11.4. The van der Waals surface area contributed by atoms with Gasteiger partial charge in [-0.05, 0) is 69.4 Å².